The number of aliphatic carboxylic acids is 1. The summed E-state index contributed by atoms with van der Waals surface area (Å²) >= 11 is 0. The molecular formula is C11H12N2O3. The highest BCUT2D eigenvalue weighted by Gasteiger charge is 2.45. The van der Waals surface area contributed by atoms with Gasteiger partial charge in [-0.25, -0.2) is 4.79 Å². The van der Waals surface area contributed by atoms with Gasteiger partial charge in [-0.2, -0.15) is 0 Å². The molecule has 5 nitrogen and oxygen atoms in total. The maximum Gasteiger partial charge on any atom is 0.329 e. The third-order valence-electron chi connectivity index (χ3n) is 2.87. The molecule has 0 aliphatic heterocycles. The maximum absolute atomic E-state index is 11.7. The van der Waals surface area contributed by atoms with Crippen LogP contribution in [-0.4, -0.2) is 27.5 Å². The van der Waals surface area contributed by atoms with Crippen LogP contribution in [0.4, 0.5) is 0 Å². The zero-order chi connectivity index (χ0) is 11.6. The number of hydrogen-bond acceptors (Lipinski definition) is 3. The number of hydrogen-bond donors (Lipinski definition) is 2. The molecule has 1 fully saturated rings. The van der Waals surface area contributed by atoms with Crippen LogP contribution in [0.25, 0.3) is 0 Å². The molecule has 0 atom stereocenters. The SMILES string of the molecule is O=C(NC1(C(=O)O)CCC1)c1ccccn1. The highest BCUT2D eigenvalue weighted by atomic mass is 16.4. The normalized spacial score (nSPS) is 17.2. The predicted molar refractivity (Wildman–Crippen MR) is 55.9 cm³/mol. The van der Waals surface area contributed by atoms with E-state index < -0.39 is 17.4 Å². The molecule has 1 amide bonds. The molecule has 0 radical (unpaired) electrons. The van der Waals surface area contributed by atoms with Gasteiger partial charge in [0.1, 0.15) is 11.2 Å². The van der Waals surface area contributed by atoms with Crippen LogP contribution >= 0.6 is 0 Å². The van der Waals surface area contributed by atoms with Crippen molar-refractivity contribution in [1.82, 2.24) is 10.3 Å². The fourth-order valence-electron chi connectivity index (χ4n) is 1.70. The lowest BCUT2D eigenvalue weighted by Gasteiger charge is -2.38. The average molecular weight is 220 g/mol. The van der Waals surface area contributed by atoms with Crippen LogP contribution in [0.2, 0.25) is 0 Å². The average Bonchev–Trinajstić information content (AvgIpc) is 2.24. The topological polar surface area (TPSA) is 79.3 Å². The van der Waals surface area contributed by atoms with E-state index in [-0.39, 0.29) is 5.69 Å². The minimum Gasteiger partial charge on any atom is -0.480 e. The zero-order valence-electron chi connectivity index (χ0n) is 8.64. The second kappa shape index (κ2) is 3.92. The first-order valence-electron chi connectivity index (χ1n) is 5.11. The highest BCUT2D eigenvalue weighted by molar-refractivity contribution is 5.96. The van der Waals surface area contributed by atoms with Crippen molar-refractivity contribution >= 4 is 11.9 Å². The third kappa shape index (κ3) is 1.76. The number of carboxylic acids is 1. The molecule has 0 spiro atoms. The van der Waals surface area contributed by atoms with Crippen molar-refractivity contribution in [3.63, 3.8) is 0 Å². The molecule has 1 aliphatic carbocycles. The number of carbonyl (C=O) groups excluding carboxylic acids is 1. The summed E-state index contributed by atoms with van der Waals surface area (Å²) in [6.45, 7) is 0. The number of nitrogens with zero attached hydrogens (tertiary/aromatic N) is 1. The Kier molecular flexibility index (Phi) is 2.60. The highest BCUT2D eigenvalue weighted by Crippen LogP contribution is 2.32. The van der Waals surface area contributed by atoms with E-state index in [9.17, 15) is 9.59 Å². The minimum atomic E-state index is -1.07. The Morgan fingerprint density at radius 3 is 2.56 bits per heavy atom. The van der Waals surface area contributed by atoms with Gasteiger partial charge in [-0.15, -0.1) is 0 Å². The first-order chi connectivity index (χ1) is 7.64. The van der Waals surface area contributed by atoms with Crippen LogP contribution in [0, 0.1) is 0 Å². The molecule has 1 heterocycles. The molecule has 16 heavy (non-hydrogen) atoms. The first kappa shape index (κ1) is 10.6. The van der Waals surface area contributed by atoms with E-state index in [2.05, 4.69) is 10.3 Å². The van der Waals surface area contributed by atoms with E-state index >= 15 is 0 Å². The van der Waals surface area contributed by atoms with E-state index in [1.807, 2.05) is 0 Å². The van der Waals surface area contributed by atoms with Crippen molar-refractivity contribution in [3.05, 3.63) is 30.1 Å². The van der Waals surface area contributed by atoms with Crippen LogP contribution in [-0.2, 0) is 4.79 Å². The molecule has 1 aromatic rings. The Hall–Kier alpha value is -1.91. The molecule has 1 aromatic heterocycles. The van der Waals surface area contributed by atoms with Gasteiger partial charge in [-0.3, -0.25) is 9.78 Å². The van der Waals surface area contributed by atoms with Gasteiger partial charge in [0.05, 0.1) is 0 Å². The molecule has 0 bridgehead atoms. The molecular weight excluding hydrogens is 208 g/mol. The summed E-state index contributed by atoms with van der Waals surface area (Å²) in [5, 5.41) is 11.6. The van der Waals surface area contributed by atoms with Gasteiger partial charge in [0.25, 0.3) is 5.91 Å². The summed E-state index contributed by atoms with van der Waals surface area (Å²) < 4.78 is 0. The van der Waals surface area contributed by atoms with Crippen molar-refractivity contribution < 1.29 is 14.7 Å². The Morgan fingerprint density at radius 1 is 1.38 bits per heavy atom. The van der Waals surface area contributed by atoms with Gasteiger partial charge >= 0.3 is 5.97 Å². The Bertz CT molecular complexity index is 412. The second-order valence-electron chi connectivity index (χ2n) is 3.91. The fourth-order valence-corrected chi connectivity index (χ4v) is 1.70. The van der Waals surface area contributed by atoms with Crippen LogP contribution < -0.4 is 5.32 Å². The van der Waals surface area contributed by atoms with Crippen LogP contribution in [0.1, 0.15) is 29.8 Å². The summed E-state index contributed by atoms with van der Waals surface area (Å²) in [5.74, 6) is -1.40. The first-order valence-corrected chi connectivity index (χ1v) is 5.11. The lowest BCUT2D eigenvalue weighted by Crippen LogP contribution is -2.59. The van der Waals surface area contributed by atoms with Gasteiger partial charge in [-0.05, 0) is 31.4 Å². The van der Waals surface area contributed by atoms with Crippen molar-refractivity contribution in [1.29, 1.82) is 0 Å². The standard InChI is InChI=1S/C11H12N2O3/c14-9(8-4-1-2-7-12-8)13-11(10(15)16)5-3-6-11/h1-2,4,7H,3,5-6H2,(H,13,14)(H,15,16). The monoisotopic (exact) mass is 220 g/mol. The van der Waals surface area contributed by atoms with E-state index in [1.54, 1.807) is 18.2 Å². The van der Waals surface area contributed by atoms with Crippen LogP contribution in [0.15, 0.2) is 24.4 Å². The number of carbonyl (C=O) groups is 2. The Balaban J connectivity index is 2.10. The molecule has 2 rings (SSSR count). The quantitative estimate of drug-likeness (QED) is 0.790. The Labute approximate surface area is 92.5 Å². The molecule has 0 unspecified atom stereocenters. The molecule has 1 aliphatic rings. The van der Waals surface area contributed by atoms with E-state index in [0.29, 0.717) is 12.8 Å². The van der Waals surface area contributed by atoms with E-state index in [4.69, 9.17) is 5.11 Å². The number of nitrogens with one attached hydrogen (secondary N) is 1. The van der Waals surface area contributed by atoms with Gasteiger partial charge in [0, 0.05) is 6.20 Å². The number of pyridine rings is 1. The predicted octanol–water partition coefficient (Wildman–Crippen LogP) is 0.819. The summed E-state index contributed by atoms with van der Waals surface area (Å²) in [6, 6.07) is 4.95. The molecule has 0 saturated heterocycles. The zero-order valence-corrected chi connectivity index (χ0v) is 8.64. The number of amides is 1. The molecule has 2 N–H and O–H groups in total. The van der Waals surface area contributed by atoms with Gasteiger partial charge in [-0.1, -0.05) is 6.07 Å². The summed E-state index contributed by atoms with van der Waals surface area (Å²) in [7, 11) is 0. The third-order valence-corrected chi connectivity index (χ3v) is 2.87. The molecule has 1 saturated carbocycles. The van der Waals surface area contributed by atoms with Gasteiger partial charge in [0.2, 0.25) is 0 Å². The van der Waals surface area contributed by atoms with E-state index in [0.717, 1.165) is 6.42 Å². The maximum atomic E-state index is 11.7. The number of carboxylic acid groups (broad SMARTS) is 1. The molecule has 0 aromatic carbocycles. The summed E-state index contributed by atoms with van der Waals surface area (Å²) in [6.07, 6.45) is 3.31. The number of aromatic nitrogens is 1. The lowest BCUT2D eigenvalue weighted by molar-refractivity contribution is -0.148. The van der Waals surface area contributed by atoms with Crippen LogP contribution in [0.3, 0.4) is 0 Å². The number of rotatable bonds is 3. The largest absolute Gasteiger partial charge is 0.480 e. The minimum absolute atomic E-state index is 0.245. The molecule has 5 heteroatoms. The van der Waals surface area contributed by atoms with Gasteiger partial charge in [0.15, 0.2) is 0 Å². The van der Waals surface area contributed by atoms with E-state index in [1.165, 1.54) is 6.20 Å². The van der Waals surface area contributed by atoms with Crippen molar-refractivity contribution in [3.8, 4) is 0 Å². The fraction of sp³-hybridized carbons (Fsp3) is 0.364. The molecule has 84 valence electrons. The lowest BCUT2D eigenvalue weighted by atomic mass is 9.76. The van der Waals surface area contributed by atoms with Crippen molar-refractivity contribution in [2.45, 2.75) is 24.8 Å². The Morgan fingerprint density at radius 2 is 2.12 bits per heavy atom. The summed E-state index contributed by atoms with van der Waals surface area (Å²) in [4.78, 5) is 26.6. The smallest absolute Gasteiger partial charge is 0.329 e. The van der Waals surface area contributed by atoms with Crippen molar-refractivity contribution in [2.75, 3.05) is 0 Å². The van der Waals surface area contributed by atoms with Crippen LogP contribution in [0.5, 0.6) is 0 Å². The second-order valence-corrected chi connectivity index (χ2v) is 3.91. The van der Waals surface area contributed by atoms with Crippen molar-refractivity contribution in [2.24, 2.45) is 0 Å². The van der Waals surface area contributed by atoms with Gasteiger partial charge < -0.3 is 10.4 Å². The summed E-state index contributed by atoms with van der Waals surface area (Å²) in [5.41, 5.74) is -0.829.